The van der Waals surface area contributed by atoms with Crippen LogP contribution in [0.1, 0.15) is 12.8 Å². The quantitative estimate of drug-likeness (QED) is 0.897. The van der Waals surface area contributed by atoms with Crippen LogP contribution in [-0.2, 0) is 7.05 Å². The van der Waals surface area contributed by atoms with Gasteiger partial charge in [-0.05, 0) is 25.0 Å². The molecule has 94 valence electrons. The van der Waals surface area contributed by atoms with Crippen LogP contribution in [0, 0.1) is 0 Å². The number of benzene rings is 1. The average Bonchev–Trinajstić information content (AvgIpc) is 3.12. The summed E-state index contributed by atoms with van der Waals surface area (Å²) in [5.41, 5.74) is 2.13. The van der Waals surface area contributed by atoms with Crippen LogP contribution in [0.15, 0.2) is 30.3 Å². The lowest BCUT2D eigenvalue weighted by atomic mass is 10.1. The number of hydrogen-bond donors (Lipinski definition) is 1. The molecule has 1 N–H and O–H groups in total. The molecule has 0 aliphatic heterocycles. The molecular formula is C14H17N3O. The summed E-state index contributed by atoms with van der Waals surface area (Å²) >= 11 is 0. The Morgan fingerprint density at radius 3 is 2.83 bits per heavy atom. The van der Waals surface area contributed by atoms with E-state index in [1.54, 1.807) is 7.11 Å². The van der Waals surface area contributed by atoms with Crippen LogP contribution in [0.3, 0.4) is 0 Å². The summed E-state index contributed by atoms with van der Waals surface area (Å²) in [4.78, 5) is 0. The molecule has 0 amide bonds. The Bertz CT molecular complexity index is 558. The molecule has 2 aromatic rings. The number of para-hydroxylation sites is 1. The third kappa shape index (κ3) is 2.06. The number of aromatic nitrogens is 2. The van der Waals surface area contributed by atoms with E-state index in [1.165, 1.54) is 12.8 Å². The minimum absolute atomic E-state index is 0.616. The standard InChI is InChI=1S/C14H17N3O/c1-17-12(9-14(16-17)15-10-7-8-10)11-5-3-4-6-13(11)18-2/h3-6,9-10H,7-8H2,1-2H3,(H,15,16). The first kappa shape index (κ1) is 11.1. The molecule has 1 aliphatic carbocycles. The molecule has 3 rings (SSSR count). The number of ether oxygens (including phenoxy) is 1. The molecule has 0 bridgehead atoms. The minimum Gasteiger partial charge on any atom is -0.496 e. The van der Waals surface area contributed by atoms with Gasteiger partial charge in [-0.15, -0.1) is 0 Å². The highest BCUT2D eigenvalue weighted by Crippen LogP contribution is 2.32. The van der Waals surface area contributed by atoms with Gasteiger partial charge in [0.25, 0.3) is 0 Å². The van der Waals surface area contributed by atoms with E-state index in [9.17, 15) is 0 Å². The molecule has 0 radical (unpaired) electrons. The van der Waals surface area contributed by atoms with Gasteiger partial charge in [0, 0.05) is 24.7 Å². The smallest absolute Gasteiger partial charge is 0.148 e. The summed E-state index contributed by atoms with van der Waals surface area (Å²) in [7, 11) is 3.65. The molecular weight excluding hydrogens is 226 g/mol. The lowest BCUT2D eigenvalue weighted by Gasteiger charge is -2.07. The van der Waals surface area contributed by atoms with Crippen LogP contribution < -0.4 is 10.1 Å². The number of hydrogen-bond acceptors (Lipinski definition) is 3. The second kappa shape index (κ2) is 4.37. The van der Waals surface area contributed by atoms with Crippen LogP contribution in [0.5, 0.6) is 5.75 Å². The third-order valence-electron chi connectivity index (χ3n) is 3.19. The van der Waals surface area contributed by atoms with E-state index in [4.69, 9.17) is 4.74 Å². The normalized spacial score (nSPS) is 14.6. The van der Waals surface area contributed by atoms with E-state index in [2.05, 4.69) is 22.5 Å². The number of rotatable bonds is 4. The lowest BCUT2D eigenvalue weighted by molar-refractivity contribution is 0.416. The highest BCUT2D eigenvalue weighted by molar-refractivity contribution is 5.70. The zero-order valence-electron chi connectivity index (χ0n) is 10.7. The number of anilines is 1. The maximum absolute atomic E-state index is 5.40. The van der Waals surface area contributed by atoms with E-state index in [-0.39, 0.29) is 0 Å². The van der Waals surface area contributed by atoms with Crippen LogP contribution >= 0.6 is 0 Å². The molecule has 4 heteroatoms. The Kier molecular flexibility index (Phi) is 2.70. The van der Waals surface area contributed by atoms with Crippen molar-refractivity contribution in [3.05, 3.63) is 30.3 Å². The zero-order valence-corrected chi connectivity index (χ0v) is 10.7. The molecule has 1 aromatic carbocycles. The Balaban J connectivity index is 1.96. The topological polar surface area (TPSA) is 39.1 Å². The van der Waals surface area contributed by atoms with Gasteiger partial charge >= 0.3 is 0 Å². The lowest BCUT2D eigenvalue weighted by Crippen LogP contribution is -2.02. The molecule has 0 saturated heterocycles. The summed E-state index contributed by atoms with van der Waals surface area (Å²) < 4.78 is 7.29. The van der Waals surface area contributed by atoms with E-state index >= 15 is 0 Å². The summed E-state index contributed by atoms with van der Waals surface area (Å²) in [6.45, 7) is 0. The van der Waals surface area contributed by atoms with E-state index < -0.39 is 0 Å². The van der Waals surface area contributed by atoms with Crippen molar-refractivity contribution in [2.24, 2.45) is 7.05 Å². The molecule has 0 atom stereocenters. The summed E-state index contributed by atoms with van der Waals surface area (Å²) in [5.74, 6) is 1.82. The first-order chi connectivity index (χ1) is 8.78. The molecule has 18 heavy (non-hydrogen) atoms. The Morgan fingerprint density at radius 2 is 2.11 bits per heavy atom. The average molecular weight is 243 g/mol. The second-order valence-corrected chi connectivity index (χ2v) is 4.66. The summed E-state index contributed by atoms with van der Waals surface area (Å²) in [5, 5.41) is 7.90. The monoisotopic (exact) mass is 243 g/mol. The van der Waals surface area contributed by atoms with Gasteiger partial charge in [0.1, 0.15) is 11.6 Å². The van der Waals surface area contributed by atoms with Gasteiger partial charge in [0.05, 0.1) is 12.8 Å². The maximum atomic E-state index is 5.40. The van der Waals surface area contributed by atoms with Crippen molar-refractivity contribution < 1.29 is 4.74 Å². The first-order valence-electron chi connectivity index (χ1n) is 6.22. The number of nitrogens with zero attached hydrogens (tertiary/aromatic N) is 2. The summed E-state index contributed by atoms with van der Waals surface area (Å²) in [6, 6.07) is 10.7. The van der Waals surface area contributed by atoms with Gasteiger partial charge in [0.2, 0.25) is 0 Å². The van der Waals surface area contributed by atoms with E-state index in [1.807, 2.05) is 29.9 Å². The third-order valence-corrected chi connectivity index (χ3v) is 3.19. The van der Waals surface area contributed by atoms with Gasteiger partial charge in [-0.1, -0.05) is 12.1 Å². The van der Waals surface area contributed by atoms with Gasteiger partial charge < -0.3 is 10.1 Å². The molecule has 0 spiro atoms. The fraction of sp³-hybridized carbons (Fsp3) is 0.357. The summed E-state index contributed by atoms with van der Waals surface area (Å²) in [6.07, 6.45) is 2.50. The van der Waals surface area contributed by atoms with Crippen molar-refractivity contribution in [1.29, 1.82) is 0 Å². The molecule has 0 unspecified atom stereocenters. The fourth-order valence-corrected chi connectivity index (χ4v) is 2.08. The van der Waals surface area contributed by atoms with Crippen molar-refractivity contribution in [1.82, 2.24) is 9.78 Å². The van der Waals surface area contributed by atoms with Crippen LogP contribution in [0.25, 0.3) is 11.3 Å². The number of aryl methyl sites for hydroxylation is 1. The maximum Gasteiger partial charge on any atom is 0.148 e. The minimum atomic E-state index is 0.616. The highest BCUT2D eigenvalue weighted by atomic mass is 16.5. The molecule has 1 aliphatic rings. The highest BCUT2D eigenvalue weighted by Gasteiger charge is 2.22. The Hall–Kier alpha value is -1.97. The van der Waals surface area contributed by atoms with Crippen molar-refractivity contribution >= 4 is 5.82 Å². The van der Waals surface area contributed by atoms with Gasteiger partial charge in [-0.25, -0.2) is 0 Å². The van der Waals surface area contributed by atoms with E-state index in [0.717, 1.165) is 22.8 Å². The molecule has 4 nitrogen and oxygen atoms in total. The van der Waals surface area contributed by atoms with E-state index in [0.29, 0.717) is 6.04 Å². The Labute approximate surface area is 107 Å². The number of nitrogens with one attached hydrogen (secondary N) is 1. The predicted octanol–water partition coefficient (Wildman–Crippen LogP) is 2.67. The molecule has 1 fully saturated rings. The van der Waals surface area contributed by atoms with Crippen molar-refractivity contribution in [2.45, 2.75) is 18.9 Å². The van der Waals surface area contributed by atoms with Crippen molar-refractivity contribution in [3.63, 3.8) is 0 Å². The molecule has 1 heterocycles. The second-order valence-electron chi connectivity index (χ2n) is 4.66. The van der Waals surface area contributed by atoms with Crippen LogP contribution in [-0.4, -0.2) is 22.9 Å². The van der Waals surface area contributed by atoms with Crippen molar-refractivity contribution in [3.8, 4) is 17.0 Å². The largest absolute Gasteiger partial charge is 0.496 e. The molecule has 1 saturated carbocycles. The van der Waals surface area contributed by atoms with Gasteiger partial charge in [-0.3, -0.25) is 4.68 Å². The zero-order chi connectivity index (χ0) is 12.5. The van der Waals surface area contributed by atoms with Crippen molar-refractivity contribution in [2.75, 3.05) is 12.4 Å². The number of methoxy groups -OCH3 is 1. The predicted molar refractivity (Wildman–Crippen MR) is 71.8 cm³/mol. The van der Waals surface area contributed by atoms with Crippen LogP contribution in [0.4, 0.5) is 5.82 Å². The van der Waals surface area contributed by atoms with Gasteiger partial charge in [0.15, 0.2) is 0 Å². The van der Waals surface area contributed by atoms with Gasteiger partial charge in [-0.2, -0.15) is 5.10 Å². The van der Waals surface area contributed by atoms with Crippen LogP contribution in [0.2, 0.25) is 0 Å². The fourth-order valence-electron chi connectivity index (χ4n) is 2.08. The Morgan fingerprint density at radius 1 is 1.33 bits per heavy atom. The molecule has 1 aromatic heterocycles. The SMILES string of the molecule is COc1ccccc1-c1cc(NC2CC2)nn1C. The first-order valence-corrected chi connectivity index (χ1v) is 6.22.